The van der Waals surface area contributed by atoms with E-state index in [-0.39, 0.29) is 6.79 Å². The normalized spacial score (nSPS) is 11.6. The SMILES string of the molecule is C[Si](C)(C)CCOCOc1cc(N)c(I)cc1Cl. The molecule has 6 heteroatoms. The van der Waals surface area contributed by atoms with Crippen molar-refractivity contribution in [1.29, 1.82) is 0 Å². The smallest absolute Gasteiger partial charge is 0.189 e. The van der Waals surface area contributed by atoms with Gasteiger partial charge in [0, 0.05) is 30.0 Å². The summed E-state index contributed by atoms with van der Waals surface area (Å²) in [6.45, 7) is 7.88. The van der Waals surface area contributed by atoms with Crippen LogP contribution in [-0.2, 0) is 4.74 Å². The molecule has 0 atom stereocenters. The van der Waals surface area contributed by atoms with E-state index in [1.54, 1.807) is 12.1 Å². The van der Waals surface area contributed by atoms with Gasteiger partial charge in [-0.3, -0.25) is 0 Å². The number of ether oxygens (including phenoxy) is 2. The number of hydrogen-bond donors (Lipinski definition) is 1. The van der Waals surface area contributed by atoms with E-state index in [1.165, 1.54) is 0 Å². The molecule has 0 bridgehead atoms. The molecule has 0 spiro atoms. The van der Waals surface area contributed by atoms with Crippen LogP contribution < -0.4 is 10.5 Å². The summed E-state index contributed by atoms with van der Waals surface area (Å²) >= 11 is 8.19. The third kappa shape index (κ3) is 5.77. The number of hydrogen-bond acceptors (Lipinski definition) is 3. The Balaban J connectivity index is 2.38. The highest BCUT2D eigenvalue weighted by atomic mass is 127. The van der Waals surface area contributed by atoms with E-state index in [4.69, 9.17) is 26.8 Å². The Hall–Kier alpha value is 0.0169. The van der Waals surface area contributed by atoms with E-state index in [9.17, 15) is 0 Å². The third-order valence-electron chi connectivity index (χ3n) is 2.35. The lowest BCUT2D eigenvalue weighted by Gasteiger charge is -2.16. The molecule has 0 saturated heterocycles. The lowest BCUT2D eigenvalue weighted by Crippen LogP contribution is -2.22. The van der Waals surface area contributed by atoms with Crippen LogP contribution in [0.1, 0.15) is 0 Å². The third-order valence-corrected chi connectivity index (χ3v) is 5.28. The molecule has 1 rings (SSSR count). The molecule has 0 amide bonds. The largest absolute Gasteiger partial charge is 0.466 e. The Morgan fingerprint density at radius 1 is 1.33 bits per heavy atom. The minimum Gasteiger partial charge on any atom is -0.466 e. The molecule has 0 aliphatic rings. The lowest BCUT2D eigenvalue weighted by atomic mass is 10.3. The monoisotopic (exact) mass is 399 g/mol. The van der Waals surface area contributed by atoms with Crippen molar-refractivity contribution in [2.45, 2.75) is 25.7 Å². The fraction of sp³-hybridized carbons (Fsp3) is 0.500. The Morgan fingerprint density at radius 3 is 2.61 bits per heavy atom. The molecule has 0 aromatic heterocycles. The zero-order valence-corrected chi connectivity index (χ0v) is 14.8. The summed E-state index contributed by atoms with van der Waals surface area (Å²) in [5.41, 5.74) is 6.46. The summed E-state index contributed by atoms with van der Waals surface area (Å²) in [6, 6.07) is 4.64. The van der Waals surface area contributed by atoms with Crippen molar-refractivity contribution < 1.29 is 9.47 Å². The standard InChI is InChI=1S/C12H19ClINO2Si/c1-18(2,3)5-4-16-8-17-12-7-11(15)10(14)6-9(12)13/h6-7H,4-5,8,15H2,1-3H3. The maximum atomic E-state index is 6.05. The van der Waals surface area contributed by atoms with Gasteiger partial charge in [-0.15, -0.1) is 0 Å². The first kappa shape index (κ1) is 16.1. The zero-order valence-electron chi connectivity index (χ0n) is 10.9. The average Bonchev–Trinajstić information content (AvgIpc) is 2.23. The first-order valence-corrected chi connectivity index (χ1v) is 10.9. The maximum absolute atomic E-state index is 6.05. The molecule has 0 unspecified atom stereocenters. The first-order valence-electron chi connectivity index (χ1n) is 5.75. The number of rotatable bonds is 6. The zero-order chi connectivity index (χ0) is 13.8. The van der Waals surface area contributed by atoms with Gasteiger partial charge in [-0.2, -0.15) is 0 Å². The molecule has 102 valence electrons. The number of benzene rings is 1. The van der Waals surface area contributed by atoms with Gasteiger partial charge in [0.15, 0.2) is 6.79 Å². The molecular formula is C12H19ClINO2Si. The lowest BCUT2D eigenvalue weighted by molar-refractivity contribution is 0.0221. The van der Waals surface area contributed by atoms with Crippen LogP contribution in [0.3, 0.4) is 0 Å². The van der Waals surface area contributed by atoms with E-state index in [2.05, 4.69) is 42.2 Å². The fourth-order valence-electron chi connectivity index (χ4n) is 1.20. The minimum atomic E-state index is -1.04. The van der Waals surface area contributed by atoms with Crippen LogP contribution in [0, 0.1) is 3.57 Å². The van der Waals surface area contributed by atoms with E-state index in [0.29, 0.717) is 16.5 Å². The summed E-state index contributed by atoms with van der Waals surface area (Å²) in [6.07, 6.45) is 0. The topological polar surface area (TPSA) is 44.5 Å². The average molecular weight is 400 g/mol. The second-order valence-corrected chi connectivity index (χ2v) is 12.5. The summed E-state index contributed by atoms with van der Waals surface area (Å²) in [4.78, 5) is 0. The predicted molar refractivity (Wildman–Crippen MR) is 88.2 cm³/mol. The van der Waals surface area contributed by atoms with Gasteiger partial charge in [0.1, 0.15) is 5.75 Å². The quantitative estimate of drug-likeness (QED) is 0.256. The molecule has 0 fully saturated rings. The second-order valence-electron chi connectivity index (χ2n) is 5.29. The number of nitrogens with two attached hydrogens (primary N) is 1. The molecule has 2 N–H and O–H groups in total. The molecule has 1 aromatic carbocycles. The summed E-state index contributed by atoms with van der Waals surface area (Å²) in [7, 11) is -1.04. The predicted octanol–water partition coefficient (Wildman–Crippen LogP) is 4.22. The Morgan fingerprint density at radius 2 is 2.00 bits per heavy atom. The van der Waals surface area contributed by atoms with Crippen LogP contribution in [0.25, 0.3) is 0 Å². The van der Waals surface area contributed by atoms with Crippen molar-refractivity contribution >= 4 is 48.0 Å². The van der Waals surface area contributed by atoms with Gasteiger partial charge in [0.2, 0.25) is 0 Å². The molecule has 0 aliphatic heterocycles. The minimum absolute atomic E-state index is 0.213. The van der Waals surface area contributed by atoms with Crippen LogP contribution in [-0.4, -0.2) is 21.5 Å². The van der Waals surface area contributed by atoms with Gasteiger partial charge in [-0.1, -0.05) is 31.2 Å². The molecule has 1 aromatic rings. The molecule has 3 nitrogen and oxygen atoms in total. The van der Waals surface area contributed by atoms with E-state index in [1.807, 2.05) is 0 Å². The Kier molecular flexibility index (Phi) is 6.23. The van der Waals surface area contributed by atoms with E-state index < -0.39 is 8.07 Å². The number of anilines is 1. The fourth-order valence-corrected chi connectivity index (χ4v) is 2.82. The Labute approximate surface area is 128 Å². The van der Waals surface area contributed by atoms with Crippen molar-refractivity contribution in [1.82, 2.24) is 0 Å². The first-order chi connectivity index (χ1) is 8.29. The van der Waals surface area contributed by atoms with Crippen molar-refractivity contribution in [3.63, 3.8) is 0 Å². The highest BCUT2D eigenvalue weighted by Crippen LogP contribution is 2.30. The van der Waals surface area contributed by atoms with E-state index >= 15 is 0 Å². The summed E-state index contributed by atoms with van der Waals surface area (Å²) < 4.78 is 11.8. The van der Waals surface area contributed by atoms with Gasteiger partial charge in [-0.25, -0.2) is 0 Å². The molecule has 0 radical (unpaired) electrons. The highest BCUT2D eigenvalue weighted by Gasteiger charge is 2.12. The second kappa shape index (κ2) is 6.98. The molecule has 18 heavy (non-hydrogen) atoms. The summed E-state index contributed by atoms with van der Waals surface area (Å²) in [5, 5.41) is 0.558. The van der Waals surface area contributed by atoms with Crippen LogP contribution >= 0.6 is 34.2 Å². The molecule has 0 aliphatic carbocycles. The number of halogens is 2. The Bertz CT molecular complexity index is 410. The van der Waals surface area contributed by atoms with Gasteiger partial charge in [0.05, 0.1) is 5.02 Å². The van der Waals surface area contributed by atoms with Crippen molar-refractivity contribution in [3.05, 3.63) is 20.7 Å². The van der Waals surface area contributed by atoms with Crippen molar-refractivity contribution in [3.8, 4) is 5.75 Å². The molecular weight excluding hydrogens is 381 g/mol. The highest BCUT2D eigenvalue weighted by molar-refractivity contribution is 14.1. The van der Waals surface area contributed by atoms with Crippen LogP contribution in [0.15, 0.2) is 12.1 Å². The molecule has 0 saturated carbocycles. The van der Waals surface area contributed by atoms with Crippen LogP contribution in [0.2, 0.25) is 30.7 Å². The van der Waals surface area contributed by atoms with Crippen molar-refractivity contribution in [2.24, 2.45) is 0 Å². The van der Waals surface area contributed by atoms with Gasteiger partial charge >= 0.3 is 0 Å². The van der Waals surface area contributed by atoms with Crippen LogP contribution in [0.5, 0.6) is 5.75 Å². The van der Waals surface area contributed by atoms with E-state index in [0.717, 1.165) is 16.2 Å². The van der Waals surface area contributed by atoms with Crippen molar-refractivity contribution in [2.75, 3.05) is 19.1 Å². The number of nitrogen functional groups attached to an aromatic ring is 1. The van der Waals surface area contributed by atoms with Crippen LogP contribution in [0.4, 0.5) is 5.69 Å². The summed E-state index contributed by atoms with van der Waals surface area (Å²) in [5.74, 6) is 0.572. The maximum Gasteiger partial charge on any atom is 0.189 e. The van der Waals surface area contributed by atoms with Gasteiger partial charge in [-0.05, 0) is 34.7 Å². The van der Waals surface area contributed by atoms with Gasteiger partial charge in [0.25, 0.3) is 0 Å². The van der Waals surface area contributed by atoms with Gasteiger partial charge < -0.3 is 15.2 Å². The molecule has 0 heterocycles.